The summed E-state index contributed by atoms with van der Waals surface area (Å²) in [5.41, 5.74) is 2.34. The molecule has 2 aromatic rings. The van der Waals surface area contributed by atoms with E-state index >= 15 is 0 Å². The fourth-order valence-electron chi connectivity index (χ4n) is 2.69. The van der Waals surface area contributed by atoms with Gasteiger partial charge in [-0.15, -0.1) is 0 Å². The van der Waals surface area contributed by atoms with Crippen LogP contribution in [-0.2, 0) is 25.5 Å². The number of esters is 1. The van der Waals surface area contributed by atoms with Crippen molar-refractivity contribution in [3.63, 3.8) is 0 Å². The van der Waals surface area contributed by atoms with Gasteiger partial charge in [-0.1, -0.05) is 43.3 Å². The van der Waals surface area contributed by atoms with Gasteiger partial charge in [-0.05, 0) is 42.4 Å². The van der Waals surface area contributed by atoms with Crippen LogP contribution in [0.1, 0.15) is 38.2 Å². The van der Waals surface area contributed by atoms with Crippen molar-refractivity contribution in [2.75, 3.05) is 17.2 Å². The molecule has 2 rings (SSSR count). The molecule has 0 fully saturated rings. The summed E-state index contributed by atoms with van der Waals surface area (Å²) in [5.74, 6) is -0.878. The summed E-state index contributed by atoms with van der Waals surface area (Å²) in [6, 6.07) is 16.7. The molecule has 7 nitrogen and oxygen atoms in total. The lowest BCUT2D eigenvalue weighted by Gasteiger charge is -2.11. The van der Waals surface area contributed by atoms with Crippen LogP contribution in [0.4, 0.5) is 11.4 Å². The van der Waals surface area contributed by atoms with Gasteiger partial charge in [0.25, 0.3) is 0 Å². The lowest BCUT2D eigenvalue weighted by atomic mass is 10.2. The van der Waals surface area contributed by atoms with Gasteiger partial charge in [0.05, 0.1) is 13.0 Å². The van der Waals surface area contributed by atoms with Crippen LogP contribution >= 0.6 is 12.2 Å². The summed E-state index contributed by atoms with van der Waals surface area (Å²) in [6.45, 7) is 2.21. The highest BCUT2D eigenvalue weighted by Gasteiger charge is 2.10. The monoisotopic (exact) mass is 441 g/mol. The summed E-state index contributed by atoms with van der Waals surface area (Å²) in [7, 11) is 0. The van der Waals surface area contributed by atoms with E-state index in [4.69, 9.17) is 17.0 Å². The van der Waals surface area contributed by atoms with Gasteiger partial charge in [-0.25, -0.2) is 0 Å². The number of hydrogen-bond acceptors (Lipinski definition) is 5. The van der Waals surface area contributed by atoms with E-state index in [2.05, 4.69) is 16.0 Å². The molecule has 3 N–H and O–H groups in total. The number of hydrogen-bond donors (Lipinski definition) is 3. The van der Waals surface area contributed by atoms with Gasteiger partial charge in [0, 0.05) is 30.6 Å². The Bertz CT molecular complexity index is 903. The minimum Gasteiger partial charge on any atom is -0.465 e. The van der Waals surface area contributed by atoms with E-state index in [9.17, 15) is 14.4 Å². The summed E-state index contributed by atoms with van der Waals surface area (Å²) in [5, 5.41) is 8.33. The average Bonchev–Trinajstić information content (AvgIpc) is 2.73. The van der Waals surface area contributed by atoms with E-state index < -0.39 is 5.97 Å². The Morgan fingerprint density at radius 2 is 1.58 bits per heavy atom. The van der Waals surface area contributed by atoms with Crippen LogP contribution in [0, 0.1) is 0 Å². The second-order valence-electron chi connectivity index (χ2n) is 6.84. The smallest absolute Gasteiger partial charge is 0.306 e. The second-order valence-corrected chi connectivity index (χ2v) is 7.25. The number of ether oxygens (including phenoxy) is 1. The Labute approximate surface area is 187 Å². The molecule has 0 heterocycles. The minimum atomic E-state index is -0.430. The van der Waals surface area contributed by atoms with Crippen molar-refractivity contribution in [3.05, 3.63) is 60.2 Å². The lowest BCUT2D eigenvalue weighted by Crippen LogP contribution is -2.34. The van der Waals surface area contributed by atoms with Crippen molar-refractivity contribution in [1.82, 2.24) is 5.32 Å². The first kappa shape index (κ1) is 24.0. The van der Waals surface area contributed by atoms with E-state index in [-0.39, 0.29) is 36.4 Å². The maximum Gasteiger partial charge on any atom is 0.306 e. The predicted molar refractivity (Wildman–Crippen MR) is 125 cm³/mol. The van der Waals surface area contributed by atoms with Gasteiger partial charge < -0.3 is 20.7 Å². The Balaban J connectivity index is 1.68. The van der Waals surface area contributed by atoms with Crippen LogP contribution in [-0.4, -0.2) is 29.5 Å². The Hall–Kier alpha value is -3.26. The molecule has 164 valence electrons. The summed E-state index contributed by atoms with van der Waals surface area (Å²) >= 11 is 5.14. The van der Waals surface area contributed by atoms with Crippen LogP contribution in [0.25, 0.3) is 0 Å². The van der Waals surface area contributed by atoms with E-state index in [1.54, 1.807) is 24.3 Å². The number of anilines is 2. The van der Waals surface area contributed by atoms with Gasteiger partial charge in [-0.3, -0.25) is 14.4 Å². The molecule has 8 heteroatoms. The highest BCUT2D eigenvalue weighted by atomic mass is 32.1. The first-order valence-electron chi connectivity index (χ1n) is 10.2. The number of amides is 2. The molecule has 0 saturated heterocycles. The van der Waals surface area contributed by atoms with Crippen molar-refractivity contribution < 1.29 is 19.1 Å². The third-order valence-electron chi connectivity index (χ3n) is 4.19. The zero-order chi connectivity index (χ0) is 22.5. The Morgan fingerprint density at radius 3 is 2.29 bits per heavy atom. The molecule has 0 aromatic heterocycles. The number of rotatable bonds is 10. The van der Waals surface area contributed by atoms with Crippen LogP contribution in [0.3, 0.4) is 0 Å². The molecule has 0 saturated carbocycles. The van der Waals surface area contributed by atoms with E-state index in [1.165, 1.54) is 0 Å². The van der Waals surface area contributed by atoms with Crippen LogP contribution in [0.2, 0.25) is 0 Å². The minimum absolute atomic E-state index is 0.0256. The van der Waals surface area contributed by atoms with Gasteiger partial charge in [0.1, 0.15) is 0 Å². The number of nitrogens with one attached hydrogen (secondary N) is 3. The third-order valence-corrected chi connectivity index (χ3v) is 4.39. The maximum atomic E-state index is 12.0. The topological polar surface area (TPSA) is 96.5 Å². The van der Waals surface area contributed by atoms with Crippen molar-refractivity contribution in [2.24, 2.45) is 0 Å². The zero-order valence-electron chi connectivity index (χ0n) is 17.5. The number of carbonyl (C=O) groups excluding carboxylic acids is 3. The van der Waals surface area contributed by atoms with Gasteiger partial charge >= 0.3 is 5.97 Å². The van der Waals surface area contributed by atoms with Gasteiger partial charge in [0.15, 0.2) is 5.11 Å². The summed E-state index contributed by atoms with van der Waals surface area (Å²) < 4.78 is 5.16. The molecule has 0 unspecified atom stereocenters. The first-order valence-corrected chi connectivity index (χ1v) is 10.6. The van der Waals surface area contributed by atoms with Gasteiger partial charge in [0.2, 0.25) is 11.8 Å². The molecule has 2 amide bonds. The second kappa shape index (κ2) is 13.1. The molecular formula is C23H27N3O4S. The Kier molecular flexibility index (Phi) is 10.2. The molecule has 31 heavy (non-hydrogen) atoms. The summed E-state index contributed by atoms with van der Waals surface area (Å²) in [6.07, 6.45) is 1.79. The van der Waals surface area contributed by atoms with Crippen molar-refractivity contribution in [2.45, 2.75) is 39.0 Å². The van der Waals surface area contributed by atoms with Crippen LogP contribution in [0.5, 0.6) is 0 Å². The van der Waals surface area contributed by atoms with Crippen molar-refractivity contribution >= 4 is 46.5 Å². The molecule has 0 aliphatic rings. The van der Waals surface area contributed by atoms with E-state index in [1.807, 2.05) is 37.3 Å². The highest BCUT2D eigenvalue weighted by Crippen LogP contribution is 2.15. The number of carbonyl (C=O) groups is 3. The normalized spacial score (nSPS) is 10.1. The van der Waals surface area contributed by atoms with Crippen LogP contribution < -0.4 is 16.0 Å². The van der Waals surface area contributed by atoms with E-state index in [0.29, 0.717) is 24.2 Å². The fourth-order valence-corrected chi connectivity index (χ4v) is 2.92. The lowest BCUT2D eigenvalue weighted by molar-refractivity contribution is -0.144. The van der Waals surface area contributed by atoms with Crippen molar-refractivity contribution in [3.8, 4) is 0 Å². The molecule has 2 aromatic carbocycles. The fraction of sp³-hybridized carbons (Fsp3) is 0.304. The average molecular weight is 442 g/mol. The standard InChI is InChI=1S/C23H27N3O4S/c1-2-7-20(27)24-18-10-6-11-19(16-18)25-23(31)26-21(28)12-13-22(29)30-15-14-17-8-4-3-5-9-17/h3-6,8-11,16H,2,7,12-15H2,1H3,(H,24,27)(H2,25,26,28,31). The molecular weight excluding hydrogens is 414 g/mol. The zero-order valence-corrected chi connectivity index (χ0v) is 18.3. The van der Waals surface area contributed by atoms with E-state index in [0.717, 1.165) is 12.0 Å². The predicted octanol–water partition coefficient (Wildman–Crippen LogP) is 3.80. The third kappa shape index (κ3) is 9.86. The first-order chi connectivity index (χ1) is 15.0. The molecule has 0 bridgehead atoms. The van der Waals surface area contributed by atoms with Gasteiger partial charge in [-0.2, -0.15) is 0 Å². The van der Waals surface area contributed by atoms with Crippen LogP contribution in [0.15, 0.2) is 54.6 Å². The molecule has 0 spiro atoms. The van der Waals surface area contributed by atoms with Crippen molar-refractivity contribution in [1.29, 1.82) is 0 Å². The summed E-state index contributed by atoms with van der Waals surface area (Å²) in [4.78, 5) is 35.5. The molecule has 0 atom stereocenters. The quantitative estimate of drug-likeness (QED) is 0.383. The molecule has 0 aliphatic carbocycles. The maximum absolute atomic E-state index is 12.0. The Morgan fingerprint density at radius 1 is 0.871 bits per heavy atom. The molecule has 0 radical (unpaired) electrons. The largest absolute Gasteiger partial charge is 0.465 e. The molecule has 0 aliphatic heterocycles. The SMILES string of the molecule is CCCC(=O)Nc1cccc(NC(=S)NC(=O)CCC(=O)OCCc2ccccc2)c1. The highest BCUT2D eigenvalue weighted by molar-refractivity contribution is 7.80. The number of thiocarbonyl (C=S) groups is 1. The number of benzene rings is 2.